The van der Waals surface area contributed by atoms with Crippen molar-refractivity contribution in [1.29, 1.82) is 0 Å². The average Bonchev–Trinajstić information content (AvgIpc) is 2.26. The van der Waals surface area contributed by atoms with E-state index in [1.807, 2.05) is 0 Å². The lowest BCUT2D eigenvalue weighted by atomic mass is 10.1. The first-order valence-electron chi connectivity index (χ1n) is 5.51. The molecule has 1 aromatic carbocycles. The molecule has 0 bridgehead atoms. The molecule has 0 spiro atoms. The van der Waals surface area contributed by atoms with Crippen LogP contribution in [-0.4, -0.2) is 22.7 Å². The zero-order valence-electron chi connectivity index (χ0n) is 9.94. The quantitative estimate of drug-likeness (QED) is 0.854. The van der Waals surface area contributed by atoms with E-state index < -0.39 is 23.9 Å². The summed E-state index contributed by atoms with van der Waals surface area (Å²) in [5, 5.41) is 2.92. The minimum atomic E-state index is -0.736. The Bertz CT molecular complexity index is 554. The fraction of sp³-hybridized carbons (Fsp3) is 0.250. The topological polar surface area (TPSA) is 66.5 Å². The second-order valence-electron chi connectivity index (χ2n) is 4.14. The molecule has 1 fully saturated rings. The number of hydrogen-bond acceptors (Lipinski definition) is 3. The Kier molecular flexibility index (Phi) is 3.78. The number of urea groups is 1. The van der Waals surface area contributed by atoms with Crippen LogP contribution in [0.4, 0.5) is 4.79 Å². The number of nitrogens with zero attached hydrogens (tertiary/aromatic N) is 1. The van der Waals surface area contributed by atoms with Gasteiger partial charge in [-0.1, -0.05) is 29.3 Å². The predicted octanol–water partition coefficient (Wildman–Crippen LogP) is 2.52. The van der Waals surface area contributed by atoms with E-state index in [4.69, 9.17) is 23.2 Å². The fourth-order valence-corrected chi connectivity index (χ4v) is 2.50. The number of barbiturate groups is 1. The van der Waals surface area contributed by atoms with Gasteiger partial charge < -0.3 is 0 Å². The number of imide groups is 2. The molecular formula is C12H10Cl2N2O3. The molecule has 7 heteroatoms. The van der Waals surface area contributed by atoms with Gasteiger partial charge in [0, 0.05) is 10.0 Å². The van der Waals surface area contributed by atoms with Crippen LogP contribution in [0.15, 0.2) is 18.2 Å². The number of hydrogen-bond donors (Lipinski definition) is 1. The molecule has 19 heavy (non-hydrogen) atoms. The van der Waals surface area contributed by atoms with E-state index in [1.54, 1.807) is 19.1 Å². The molecule has 4 amide bonds. The highest BCUT2D eigenvalue weighted by molar-refractivity contribution is 6.35. The molecule has 1 unspecified atom stereocenters. The lowest BCUT2D eigenvalue weighted by Gasteiger charge is -2.30. The number of benzene rings is 1. The third kappa shape index (κ3) is 2.72. The Morgan fingerprint density at radius 2 is 1.95 bits per heavy atom. The van der Waals surface area contributed by atoms with E-state index in [0.717, 1.165) is 4.90 Å². The molecule has 1 aliphatic heterocycles. The van der Waals surface area contributed by atoms with Crippen molar-refractivity contribution in [3.63, 3.8) is 0 Å². The highest BCUT2D eigenvalue weighted by Gasteiger charge is 2.35. The summed E-state index contributed by atoms with van der Waals surface area (Å²) in [7, 11) is 0. The zero-order valence-corrected chi connectivity index (χ0v) is 11.5. The number of carbonyl (C=O) groups is 3. The molecule has 0 aliphatic carbocycles. The summed E-state index contributed by atoms with van der Waals surface area (Å²) in [6.45, 7) is 1.66. The fourth-order valence-electron chi connectivity index (χ4n) is 1.93. The first-order valence-corrected chi connectivity index (χ1v) is 6.26. The second kappa shape index (κ2) is 5.19. The third-order valence-electron chi connectivity index (χ3n) is 2.85. The molecule has 0 aromatic heterocycles. The Labute approximate surface area is 119 Å². The van der Waals surface area contributed by atoms with E-state index in [-0.39, 0.29) is 6.42 Å². The number of nitrogens with one attached hydrogen (secondary N) is 1. The number of rotatable bonds is 2. The van der Waals surface area contributed by atoms with E-state index in [2.05, 4.69) is 5.32 Å². The maximum absolute atomic E-state index is 11.8. The lowest BCUT2D eigenvalue weighted by molar-refractivity contribution is -0.137. The van der Waals surface area contributed by atoms with Gasteiger partial charge in [0.1, 0.15) is 6.42 Å². The van der Waals surface area contributed by atoms with E-state index in [1.165, 1.54) is 6.07 Å². The first kappa shape index (κ1) is 13.8. The standard InChI is InChI=1S/C12H10Cl2N2O3/c1-6(8-3-2-7(13)4-9(8)14)16-11(18)5-10(17)15-12(16)19/h2-4,6H,5H2,1H3,(H,15,17,19). The summed E-state index contributed by atoms with van der Waals surface area (Å²) >= 11 is 11.8. The van der Waals surface area contributed by atoms with E-state index in [9.17, 15) is 14.4 Å². The average molecular weight is 301 g/mol. The normalized spacial score (nSPS) is 17.4. The highest BCUT2D eigenvalue weighted by atomic mass is 35.5. The first-order chi connectivity index (χ1) is 8.90. The van der Waals surface area contributed by atoms with E-state index in [0.29, 0.717) is 15.6 Å². The van der Waals surface area contributed by atoms with Gasteiger partial charge in [0.25, 0.3) is 0 Å². The summed E-state index contributed by atoms with van der Waals surface area (Å²) < 4.78 is 0. The molecular weight excluding hydrogens is 291 g/mol. The van der Waals surface area contributed by atoms with Crippen molar-refractivity contribution in [2.75, 3.05) is 0 Å². The van der Waals surface area contributed by atoms with Gasteiger partial charge in [-0.05, 0) is 24.6 Å². The van der Waals surface area contributed by atoms with E-state index >= 15 is 0 Å². The number of carbonyl (C=O) groups excluding carboxylic acids is 3. The Balaban J connectivity index is 2.32. The highest BCUT2D eigenvalue weighted by Crippen LogP contribution is 2.30. The van der Waals surface area contributed by atoms with Crippen LogP contribution in [0.5, 0.6) is 0 Å². The number of halogens is 2. The molecule has 1 aromatic rings. The van der Waals surface area contributed by atoms with Gasteiger partial charge in [-0.15, -0.1) is 0 Å². The van der Waals surface area contributed by atoms with Gasteiger partial charge in [-0.3, -0.25) is 19.8 Å². The van der Waals surface area contributed by atoms with Crippen molar-refractivity contribution in [2.45, 2.75) is 19.4 Å². The molecule has 100 valence electrons. The minimum Gasteiger partial charge on any atom is -0.277 e. The van der Waals surface area contributed by atoms with Crippen molar-refractivity contribution >= 4 is 41.0 Å². The summed E-state index contributed by atoms with van der Waals surface area (Å²) in [4.78, 5) is 35.6. The Morgan fingerprint density at radius 3 is 2.53 bits per heavy atom. The van der Waals surface area contributed by atoms with Gasteiger partial charge >= 0.3 is 6.03 Å². The summed E-state index contributed by atoms with van der Waals surface area (Å²) in [5.41, 5.74) is 0.587. The van der Waals surface area contributed by atoms with Crippen molar-refractivity contribution < 1.29 is 14.4 Å². The van der Waals surface area contributed by atoms with Gasteiger partial charge in [-0.2, -0.15) is 0 Å². The second-order valence-corrected chi connectivity index (χ2v) is 4.98. The maximum atomic E-state index is 11.8. The van der Waals surface area contributed by atoms with Crippen molar-refractivity contribution in [3.8, 4) is 0 Å². The zero-order chi connectivity index (χ0) is 14.2. The predicted molar refractivity (Wildman–Crippen MR) is 69.9 cm³/mol. The smallest absolute Gasteiger partial charge is 0.277 e. The van der Waals surface area contributed by atoms with Crippen molar-refractivity contribution in [2.24, 2.45) is 0 Å². The molecule has 1 N–H and O–H groups in total. The summed E-state index contributed by atoms with van der Waals surface area (Å²) in [6, 6.07) is 3.49. The van der Waals surface area contributed by atoms with Gasteiger partial charge in [0.2, 0.25) is 11.8 Å². The van der Waals surface area contributed by atoms with Gasteiger partial charge in [-0.25, -0.2) is 4.79 Å². The third-order valence-corrected chi connectivity index (χ3v) is 3.41. The van der Waals surface area contributed by atoms with Crippen LogP contribution < -0.4 is 5.32 Å². The molecule has 1 heterocycles. The van der Waals surface area contributed by atoms with Gasteiger partial charge in [0.05, 0.1) is 6.04 Å². The van der Waals surface area contributed by atoms with Crippen molar-refractivity contribution in [1.82, 2.24) is 10.2 Å². The van der Waals surface area contributed by atoms with Crippen LogP contribution in [0.1, 0.15) is 24.9 Å². The Morgan fingerprint density at radius 1 is 1.26 bits per heavy atom. The molecule has 0 radical (unpaired) electrons. The van der Waals surface area contributed by atoms with Crippen LogP contribution in [-0.2, 0) is 9.59 Å². The van der Waals surface area contributed by atoms with Crippen LogP contribution in [0.2, 0.25) is 10.0 Å². The maximum Gasteiger partial charge on any atom is 0.331 e. The molecule has 0 saturated carbocycles. The largest absolute Gasteiger partial charge is 0.331 e. The van der Waals surface area contributed by atoms with Crippen LogP contribution in [0.3, 0.4) is 0 Å². The molecule has 1 saturated heterocycles. The minimum absolute atomic E-state index is 0.346. The van der Waals surface area contributed by atoms with Gasteiger partial charge in [0.15, 0.2) is 0 Å². The molecule has 5 nitrogen and oxygen atoms in total. The molecule has 2 rings (SSSR count). The summed E-state index contributed by atoms with van der Waals surface area (Å²) in [5.74, 6) is -1.15. The lowest BCUT2D eigenvalue weighted by Crippen LogP contribution is -2.53. The molecule has 1 aliphatic rings. The monoisotopic (exact) mass is 300 g/mol. The Hall–Kier alpha value is -1.59. The van der Waals surface area contributed by atoms with Crippen LogP contribution in [0, 0.1) is 0 Å². The molecule has 1 atom stereocenters. The van der Waals surface area contributed by atoms with Crippen LogP contribution >= 0.6 is 23.2 Å². The number of amides is 4. The summed E-state index contributed by atoms with van der Waals surface area (Å²) in [6.07, 6.45) is -0.346. The van der Waals surface area contributed by atoms with Crippen LogP contribution in [0.25, 0.3) is 0 Å². The SMILES string of the molecule is CC(c1ccc(Cl)cc1Cl)N1C(=O)CC(=O)NC1=O. The van der Waals surface area contributed by atoms with Crippen molar-refractivity contribution in [3.05, 3.63) is 33.8 Å².